The van der Waals surface area contributed by atoms with E-state index in [0.717, 1.165) is 133 Å². The predicted molar refractivity (Wildman–Crippen MR) is 229 cm³/mol. The number of nitrogens with zero attached hydrogens (tertiary/aromatic N) is 7. The highest BCUT2D eigenvalue weighted by Gasteiger charge is 2.51. The van der Waals surface area contributed by atoms with Crippen molar-refractivity contribution in [3.05, 3.63) is 59.4 Å². The van der Waals surface area contributed by atoms with Gasteiger partial charge in [0, 0.05) is 87.7 Å². The van der Waals surface area contributed by atoms with Crippen LogP contribution in [0, 0.1) is 11.7 Å². The minimum absolute atomic E-state index is 0.0994. The Bertz CT molecular complexity index is 2170. The topological polar surface area (TPSA) is 147 Å². The third-order valence-corrected chi connectivity index (χ3v) is 15.1. The summed E-state index contributed by atoms with van der Waals surface area (Å²) in [6.45, 7) is 11.3. The monoisotopic (exact) mass is 835 g/mol. The van der Waals surface area contributed by atoms with Crippen LogP contribution < -0.4 is 20.4 Å². The van der Waals surface area contributed by atoms with Crippen LogP contribution in [0.4, 0.5) is 21.6 Å². The van der Waals surface area contributed by atoms with Crippen molar-refractivity contribution < 1.29 is 28.6 Å². The van der Waals surface area contributed by atoms with E-state index in [0.29, 0.717) is 47.8 Å². The van der Waals surface area contributed by atoms with Gasteiger partial charge in [-0.05, 0) is 113 Å². The first kappa shape index (κ1) is 40.2. The number of rotatable bonds is 10. The molecule has 3 aromatic rings. The number of amides is 3. The predicted octanol–water partition coefficient (Wildman–Crippen LogP) is 4.76. The van der Waals surface area contributed by atoms with Gasteiger partial charge in [0.2, 0.25) is 11.8 Å². The van der Waals surface area contributed by atoms with Crippen molar-refractivity contribution in [1.82, 2.24) is 30.2 Å². The highest BCUT2D eigenvalue weighted by Crippen LogP contribution is 2.46. The molecular weight excluding hydrogens is 778 g/mol. The molecule has 1 aromatic heterocycles. The van der Waals surface area contributed by atoms with Gasteiger partial charge in [-0.15, -0.1) is 10.2 Å². The molecule has 3 N–H and O–H groups in total. The fraction of sp³-hybridized carbons (Fsp3) is 0.587. The molecule has 5 fully saturated rings. The molecule has 324 valence electrons. The second-order valence-electron chi connectivity index (χ2n) is 18.5. The van der Waals surface area contributed by atoms with Gasteiger partial charge < -0.3 is 34.8 Å². The number of benzene rings is 2. The molecular formula is C46H58FN9O5. The van der Waals surface area contributed by atoms with Gasteiger partial charge in [-0.3, -0.25) is 24.6 Å². The van der Waals surface area contributed by atoms with E-state index in [4.69, 9.17) is 4.74 Å². The quantitative estimate of drug-likeness (QED) is 0.242. The van der Waals surface area contributed by atoms with Crippen LogP contribution >= 0.6 is 0 Å². The maximum atomic E-state index is 14.4. The lowest BCUT2D eigenvalue weighted by molar-refractivity contribution is -0.136. The molecule has 2 unspecified atom stereocenters. The number of ether oxygens (including phenoxy) is 1. The lowest BCUT2D eigenvalue weighted by Gasteiger charge is -2.44. The van der Waals surface area contributed by atoms with Gasteiger partial charge in [-0.1, -0.05) is 19.1 Å². The fourth-order valence-electron chi connectivity index (χ4n) is 11.6. The van der Waals surface area contributed by atoms with E-state index in [1.807, 2.05) is 18.2 Å². The molecule has 7 aliphatic heterocycles. The Morgan fingerprint density at radius 2 is 1.80 bits per heavy atom. The summed E-state index contributed by atoms with van der Waals surface area (Å²) >= 11 is 0. The first-order chi connectivity index (χ1) is 29.7. The zero-order valence-electron chi connectivity index (χ0n) is 35.2. The Morgan fingerprint density at radius 3 is 2.57 bits per heavy atom. The van der Waals surface area contributed by atoms with Crippen molar-refractivity contribution in [3.63, 3.8) is 0 Å². The number of para-hydroxylation sites is 1. The number of aromatic hydroxyl groups is 1. The summed E-state index contributed by atoms with van der Waals surface area (Å²) in [6, 6.07) is 12.9. The van der Waals surface area contributed by atoms with Gasteiger partial charge in [0.05, 0.1) is 23.0 Å². The SMILES string of the molecule is CC[C@@]12CNc3nnc(-c4cccc(F)c4O)cc3N1C[C@H](N(CC1CCCO1)C1CCN(CC3CCN(c4ccc5c(c4)C(=O)N(C4CCC(=O)NC4=O)C5)CC3)CC1)C2. The number of aromatic nitrogens is 2. The van der Waals surface area contributed by atoms with Crippen LogP contribution in [0.25, 0.3) is 11.3 Å². The van der Waals surface area contributed by atoms with Crippen LogP contribution in [0.5, 0.6) is 5.75 Å². The second-order valence-corrected chi connectivity index (χ2v) is 18.5. The fourth-order valence-corrected chi connectivity index (χ4v) is 11.6. The van der Waals surface area contributed by atoms with E-state index in [-0.39, 0.29) is 35.8 Å². The number of carbonyl (C=O) groups is 3. The van der Waals surface area contributed by atoms with Crippen LogP contribution in [0.2, 0.25) is 0 Å². The average Bonchev–Trinajstić information content (AvgIpc) is 4.02. The third kappa shape index (κ3) is 7.60. The number of imide groups is 1. The lowest BCUT2D eigenvalue weighted by Crippen LogP contribution is -2.52. The molecule has 2 aromatic carbocycles. The molecule has 10 rings (SSSR count). The maximum absolute atomic E-state index is 14.4. The number of fused-ring (bicyclic) bond motifs is 4. The highest BCUT2D eigenvalue weighted by atomic mass is 19.1. The van der Waals surface area contributed by atoms with Crippen LogP contribution in [0.15, 0.2) is 42.5 Å². The molecule has 7 aliphatic rings. The zero-order chi connectivity index (χ0) is 41.8. The van der Waals surface area contributed by atoms with Crippen molar-refractivity contribution in [2.75, 3.05) is 74.1 Å². The Balaban J connectivity index is 0.768. The normalized spacial score (nSPS) is 27.4. The number of anilines is 3. The second kappa shape index (κ2) is 16.4. The molecule has 61 heavy (non-hydrogen) atoms. The van der Waals surface area contributed by atoms with Crippen LogP contribution in [0.3, 0.4) is 0 Å². The number of carbonyl (C=O) groups excluding carboxylic acids is 3. The number of halogens is 1. The van der Waals surface area contributed by atoms with Gasteiger partial charge in [0.15, 0.2) is 17.4 Å². The number of phenolic OH excluding ortho intramolecular Hbond substituents is 1. The molecule has 14 nitrogen and oxygen atoms in total. The van der Waals surface area contributed by atoms with E-state index < -0.39 is 17.6 Å². The van der Waals surface area contributed by atoms with E-state index in [1.54, 1.807) is 17.0 Å². The van der Waals surface area contributed by atoms with E-state index in [1.165, 1.54) is 6.07 Å². The Labute approximate surface area is 356 Å². The summed E-state index contributed by atoms with van der Waals surface area (Å²) in [5.74, 6) is -0.494. The first-order valence-electron chi connectivity index (χ1n) is 22.7. The summed E-state index contributed by atoms with van der Waals surface area (Å²) in [6.07, 6.45) is 9.57. The van der Waals surface area contributed by atoms with Gasteiger partial charge in [-0.25, -0.2) is 4.39 Å². The largest absolute Gasteiger partial charge is 0.504 e. The summed E-state index contributed by atoms with van der Waals surface area (Å²) in [5, 5.41) is 25.5. The van der Waals surface area contributed by atoms with Crippen LogP contribution in [0.1, 0.15) is 87.1 Å². The lowest BCUT2D eigenvalue weighted by atomic mass is 9.88. The smallest absolute Gasteiger partial charge is 0.255 e. The standard InChI is InChI=1S/C46H58FN9O5/c1-2-46-23-33(26-56(46)40-22-38(50-51-43(40)48-28-46)35-6-3-7-37(47)42(35)58)54(27-34-5-4-20-61-34)31-14-16-52(17-15-31)24-29-12-18-53(19-13-29)32-9-8-30-25-55(45(60)36(30)21-32)39-10-11-41(57)49-44(39)59/h3,6-9,21-22,29,31,33-34,39,58H,2,4-5,10-20,23-28H2,1H3,(H,48,51)(H,49,57,59)/t33-,34?,39?,46-/m1/s1. The van der Waals surface area contributed by atoms with Crippen molar-refractivity contribution in [2.24, 2.45) is 5.92 Å². The molecule has 0 bridgehead atoms. The Hall–Kier alpha value is -4.86. The van der Waals surface area contributed by atoms with E-state index in [2.05, 4.69) is 53.4 Å². The highest BCUT2D eigenvalue weighted by molar-refractivity contribution is 6.05. The zero-order valence-corrected chi connectivity index (χ0v) is 35.2. The van der Waals surface area contributed by atoms with Crippen molar-refractivity contribution >= 4 is 34.9 Å². The third-order valence-electron chi connectivity index (χ3n) is 15.1. The van der Waals surface area contributed by atoms with E-state index >= 15 is 0 Å². The van der Waals surface area contributed by atoms with Crippen LogP contribution in [-0.2, 0) is 20.9 Å². The number of hydrogen-bond acceptors (Lipinski definition) is 12. The summed E-state index contributed by atoms with van der Waals surface area (Å²) in [5.41, 5.74) is 4.34. The van der Waals surface area contributed by atoms with Gasteiger partial charge in [0.1, 0.15) is 6.04 Å². The maximum Gasteiger partial charge on any atom is 0.255 e. The number of likely N-dealkylation sites (tertiary alicyclic amines) is 1. The molecule has 5 saturated heterocycles. The molecule has 15 heteroatoms. The van der Waals surface area contributed by atoms with Crippen molar-refractivity contribution in [2.45, 2.75) is 107 Å². The molecule has 0 spiro atoms. The average molecular weight is 836 g/mol. The Morgan fingerprint density at radius 1 is 0.967 bits per heavy atom. The molecule has 0 saturated carbocycles. The first-order valence-corrected chi connectivity index (χ1v) is 22.7. The molecule has 4 atom stereocenters. The summed E-state index contributed by atoms with van der Waals surface area (Å²) in [4.78, 5) is 49.7. The molecule has 0 radical (unpaired) electrons. The molecule has 3 amide bonds. The summed E-state index contributed by atoms with van der Waals surface area (Å²) < 4.78 is 20.7. The number of nitrogens with one attached hydrogen (secondary N) is 2. The number of hydrogen-bond donors (Lipinski definition) is 3. The van der Waals surface area contributed by atoms with Gasteiger partial charge in [0.25, 0.3) is 5.91 Å². The number of piperidine rings is 3. The van der Waals surface area contributed by atoms with Crippen LogP contribution in [-0.4, -0.2) is 136 Å². The Kier molecular flexibility index (Phi) is 10.8. The van der Waals surface area contributed by atoms with Crippen molar-refractivity contribution in [1.29, 1.82) is 0 Å². The molecule has 0 aliphatic carbocycles. The molecule has 8 heterocycles. The van der Waals surface area contributed by atoms with E-state index in [9.17, 15) is 23.9 Å². The van der Waals surface area contributed by atoms with Crippen molar-refractivity contribution in [3.8, 4) is 17.0 Å². The number of phenols is 1. The van der Waals surface area contributed by atoms with Gasteiger partial charge >= 0.3 is 0 Å². The summed E-state index contributed by atoms with van der Waals surface area (Å²) in [7, 11) is 0. The minimum Gasteiger partial charge on any atom is -0.504 e. The van der Waals surface area contributed by atoms with Gasteiger partial charge in [-0.2, -0.15) is 0 Å². The minimum atomic E-state index is -0.672.